The van der Waals surface area contributed by atoms with Crippen molar-refractivity contribution in [3.8, 4) is 0 Å². The molecule has 1 N–H and O–H groups in total. The van der Waals surface area contributed by atoms with Gasteiger partial charge in [0.1, 0.15) is 11.5 Å². The number of aromatic nitrogens is 1. The molecule has 2 heterocycles. The van der Waals surface area contributed by atoms with Gasteiger partial charge >= 0.3 is 0 Å². The topological polar surface area (TPSA) is 65.5 Å². The smallest absolute Gasteiger partial charge is 0.272 e. The fourth-order valence-corrected chi connectivity index (χ4v) is 2.68. The Morgan fingerprint density at radius 1 is 0.960 bits per heavy atom. The quantitative estimate of drug-likeness (QED) is 0.929. The van der Waals surface area contributed by atoms with Crippen molar-refractivity contribution < 1.29 is 14.0 Å². The number of benzene rings is 1. The number of carbonyl (C=O) groups is 2. The lowest BCUT2D eigenvalue weighted by molar-refractivity contribution is -0.130. The van der Waals surface area contributed by atoms with Crippen LogP contribution in [0, 0.1) is 5.82 Å². The summed E-state index contributed by atoms with van der Waals surface area (Å²) >= 11 is 0. The summed E-state index contributed by atoms with van der Waals surface area (Å²) in [5.41, 5.74) is 1.81. The lowest BCUT2D eigenvalue weighted by Crippen LogP contribution is -2.50. The number of anilines is 2. The highest BCUT2D eigenvalue weighted by Gasteiger charge is 2.23. The molecule has 0 spiro atoms. The molecule has 1 aliphatic rings. The fourth-order valence-electron chi connectivity index (χ4n) is 2.68. The molecule has 130 valence electrons. The van der Waals surface area contributed by atoms with E-state index in [1.165, 1.54) is 19.1 Å². The van der Waals surface area contributed by atoms with Gasteiger partial charge in [0.15, 0.2) is 0 Å². The minimum Gasteiger partial charge on any atom is -0.354 e. The lowest BCUT2D eigenvalue weighted by atomic mass is 10.2. The molecule has 1 saturated heterocycles. The van der Waals surface area contributed by atoms with Gasteiger partial charge in [0.2, 0.25) is 5.91 Å². The first-order chi connectivity index (χ1) is 12.0. The summed E-state index contributed by atoms with van der Waals surface area (Å²) in [7, 11) is 0. The highest BCUT2D eigenvalue weighted by atomic mass is 19.1. The van der Waals surface area contributed by atoms with E-state index >= 15 is 0 Å². The van der Waals surface area contributed by atoms with Crippen LogP contribution < -0.4 is 5.32 Å². The Bertz CT molecular complexity index is 754. The Balaban J connectivity index is 1.61. The Morgan fingerprint density at radius 3 is 2.12 bits per heavy atom. The van der Waals surface area contributed by atoms with E-state index in [1.54, 1.807) is 40.3 Å². The van der Waals surface area contributed by atoms with Gasteiger partial charge in [0.05, 0.1) is 11.9 Å². The Hall–Kier alpha value is -2.96. The molecule has 1 aromatic heterocycles. The van der Waals surface area contributed by atoms with Crippen LogP contribution in [0.1, 0.15) is 17.4 Å². The zero-order chi connectivity index (χ0) is 17.8. The van der Waals surface area contributed by atoms with Crippen molar-refractivity contribution >= 4 is 23.2 Å². The van der Waals surface area contributed by atoms with Crippen LogP contribution in [0.15, 0.2) is 42.6 Å². The van der Waals surface area contributed by atoms with Crippen LogP contribution >= 0.6 is 0 Å². The molecule has 2 amide bonds. The van der Waals surface area contributed by atoms with E-state index in [2.05, 4.69) is 10.3 Å². The summed E-state index contributed by atoms with van der Waals surface area (Å²) in [6.45, 7) is 3.65. The molecule has 6 nitrogen and oxygen atoms in total. The third-order valence-corrected chi connectivity index (χ3v) is 4.13. The molecule has 0 saturated carbocycles. The highest BCUT2D eigenvalue weighted by molar-refractivity contribution is 5.92. The first-order valence-electron chi connectivity index (χ1n) is 8.06. The number of carbonyl (C=O) groups excluding carboxylic acids is 2. The molecule has 1 aliphatic heterocycles. The molecule has 7 heteroatoms. The van der Waals surface area contributed by atoms with E-state index in [4.69, 9.17) is 0 Å². The first kappa shape index (κ1) is 16.9. The average Bonchev–Trinajstić information content (AvgIpc) is 2.64. The predicted molar refractivity (Wildman–Crippen MR) is 92.1 cm³/mol. The number of rotatable bonds is 3. The number of nitrogens with one attached hydrogen (secondary N) is 1. The van der Waals surface area contributed by atoms with Gasteiger partial charge in [0, 0.05) is 38.8 Å². The van der Waals surface area contributed by atoms with E-state index in [0.29, 0.717) is 37.6 Å². The molecule has 0 aliphatic carbocycles. The van der Waals surface area contributed by atoms with Gasteiger partial charge in [0.25, 0.3) is 5.91 Å². The van der Waals surface area contributed by atoms with Crippen LogP contribution in [0.4, 0.5) is 15.8 Å². The van der Waals surface area contributed by atoms with Crippen molar-refractivity contribution in [1.29, 1.82) is 0 Å². The van der Waals surface area contributed by atoms with E-state index in [9.17, 15) is 14.0 Å². The van der Waals surface area contributed by atoms with Crippen molar-refractivity contribution in [2.24, 2.45) is 0 Å². The van der Waals surface area contributed by atoms with Gasteiger partial charge in [-0.2, -0.15) is 0 Å². The van der Waals surface area contributed by atoms with Crippen molar-refractivity contribution in [2.75, 3.05) is 31.5 Å². The van der Waals surface area contributed by atoms with Crippen molar-refractivity contribution in [1.82, 2.24) is 14.8 Å². The maximum Gasteiger partial charge on any atom is 0.272 e. The highest BCUT2D eigenvalue weighted by Crippen LogP contribution is 2.17. The van der Waals surface area contributed by atoms with E-state index in [0.717, 1.165) is 5.69 Å². The minimum atomic E-state index is -0.297. The van der Waals surface area contributed by atoms with Crippen molar-refractivity contribution in [3.63, 3.8) is 0 Å². The largest absolute Gasteiger partial charge is 0.354 e. The summed E-state index contributed by atoms with van der Waals surface area (Å²) in [4.78, 5) is 31.5. The second kappa shape index (κ2) is 7.29. The Morgan fingerprint density at radius 2 is 1.56 bits per heavy atom. The summed E-state index contributed by atoms with van der Waals surface area (Å²) in [5.74, 6) is -0.410. The molecule has 25 heavy (non-hydrogen) atoms. The molecular weight excluding hydrogens is 323 g/mol. The molecule has 0 atom stereocenters. The number of nitrogens with zero attached hydrogens (tertiary/aromatic N) is 3. The molecular formula is C18H19FN4O2. The number of hydrogen-bond acceptors (Lipinski definition) is 4. The van der Waals surface area contributed by atoms with E-state index in [-0.39, 0.29) is 17.6 Å². The third-order valence-electron chi connectivity index (χ3n) is 4.13. The van der Waals surface area contributed by atoms with Crippen LogP contribution in [0.25, 0.3) is 0 Å². The number of piperazine rings is 1. The standard InChI is InChI=1S/C18H19FN4O2/c1-13(24)22-8-10-23(11-9-22)18(25)17-7-6-16(12-20-17)21-15-4-2-14(19)3-5-15/h2-7,12,21H,8-11H2,1H3. The van der Waals surface area contributed by atoms with Crippen LogP contribution in [-0.2, 0) is 4.79 Å². The number of halogens is 1. The molecule has 1 fully saturated rings. The van der Waals surface area contributed by atoms with Gasteiger partial charge in [-0.1, -0.05) is 0 Å². The Kier molecular flexibility index (Phi) is 4.92. The van der Waals surface area contributed by atoms with Crippen LogP contribution in [0.2, 0.25) is 0 Å². The number of pyridine rings is 1. The summed E-state index contributed by atoms with van der Waals surface area (Å²) in [5, 5.41) is 3.10. The van der Waals surface area contributed by atoms with Crippen molar-refractivity contribution in [2.45, 2.75) is 6.92 Å². The van der Waals surface area contributed by atoms with Gasteiger partial charge in [-0.3, -0.25) is 9.59 Å². The van der Waals surface area contributed by atoms with Crippen molar-refractivity contribution in [3.05, 3.63) is 54.1 Å². The zero-order valence-electron chi connectivity index (χ0n) is 13.9. The minimum absolute atomic E-state index is 0.0291. The third kappa shape index (κ3) is 4.12. The molecule has 2 aromatic rings. The normalized spacial score (nSPS) is 14.3. The first-order valence-corrected chi connectivity index (χ1v) is 8.06. The average molecular weight is 342 g/mol. The molecule has 3 rings (SSSR count). The van der Waals surface area contributed by atoms with Crippen LogP contribution in [0.5, 0.6) is 0 Å². The molecule has 0 bridgehead atoms. The Labute approximate surface area is 145 Å². The molecule has 0 radical (unpaired) electrons. The predicted octanol–water partition coefficient (Wildman–Crippen LogP) is 2.27. The van der Waals surface area contributed by atoms with Crippen LogP contribution in [-0.4, -0.2) is 52.8 Å². The van der Waals surface area contributed by atoms with Gasteiger partial charge < -0.3 is 15.1 Å². The van der Waals surface area contributed by atoms with Crippen LogP contribution in [0.3, 0.4) is 0 Å². The SMILES string of the molecule is CC(=O)N1CCN(C(=O)c2ccc(Nc3ccc(F)cc3)cn2)CC1. The van der Waals surface area contributed by atoms with Gasteiger partial charge in [-0.25, -0.2) is 9.37 Å². The second-order valence-electron chi connectivity index (χ2n) is 5.86. The fraction of sp³-hybridized carbons (Fsp3) is 0.278. The van der Waals surface area contributed by atoms with E-state index < -0.39 is 0 Å². The second-order valence-corrected chi connectivity index (χ2v) is 5.86. The molecule has 0 unspecified atom stereocenters. The number of amides is 2. The van der Waals surface area contributed by atoms with E-state index in [1.807, 2.05) is 0 Å². The lowest BCUT2D eigenvalue weighted by Gasteiger charge is -2.34. The molecule has 1 aromatic carbocycles. The number of hydrogen-bond donors (Lipinski definition) is 1. The summed E-state index contributed by atoms with van der Waals surface area (Å²) in [6.07, 6.45) is 1.57. The monoisotopic (exact) mass is 342 g/mol. The summed E-state index contributed by atoms with van der Waals surface area (Å²) in [6, 6.07) is 9.41. The maximum absolute atomic E-state index is 12.9. The maximum atomic E-state index is 12.9. The van der Waals surface area contributed by atoms with Gasteiger partial charge in [-0.05, 0) is 36.4 Å². The summed E-state index contributed by atoms with van der Waals surface area (Å²) < 4.78 is 12.9. The zero-order valence-corrected chi connectivity index (χ0v) is 13.9. The van der Waals surface area contributed by atoms with Gasteiger partial charge in [-0.15, -0.1) is 0 Å².